The molecule has 5 nitrogen and oxygen atoms in total. The zero-order valence-corrected chi connectivity index (χ0v) is 15.9. The molecule has 0 aliphatic carbocycles. The van der Waals surface area contributed by atoms with Crippen LogP contribution in [0.3, 0.4) is 0 Å². The largest absolute Gasteiger partial charge is 0.371 e. The van der Waals surface area contributed by atoms with Crippen molar-refractivity contribution in [1.82, 2.24) is 4.72 Å². The second kappa shape index (κ2) is 7.56. The van der Waals surface area contributed by atoms with Gasteiger partial charge in [0, 0.05) is 29.8 Å². The maximum absolute atomic E-state index is 12.6. The number of hydrogen-bond donors (Lipinski definition) is 1. The molecule has 1 atom stereocenters. The normalized spacial score (nSPS) is 17.4. The number of sulfonamides is 1. The average molecular weight is 420 g/mol. The SMILES string of the molecule is N#Cc1c(Br)cccc1S(=O)(=O)NC[C@@H]1CCN(c2ccccc2)C1. The van der Waals surface area contributed by atoms with Crippen LogP contribution in [0.2, 0.25) is 0 Å². The summed E-state index contributed by atoms with van der Waals surface area (Å²) < 4.78 is 28.3. The van der Waals surface area contributed by atoms with Gasteiger partial charge in [0.2, 0.25) is 10.0 Å². The molecule has 1 saturated heterocycles. The molecule has 0 bridgehead atoms. The number of rotatable bonds is 5. The molecule has 1 heterocycles. The fourth-order valence-electron chi connectivity index (χ4n) is 3.01. The van der Waals surface area contributed by atoms with Crippen LogP contribution in [0.1, 0.15) is 12.0 Å². The number of nitriles is 1. The van der Waals surface area contributed by atoms with E-state index in [1.807, 2.05) is 24.3 Å². The van der Waals surface area contributed by atoms with Crippen LogP contribution >= 0.6 is 15.9 Å². The molecule has 0 radical (unpaired) electrons. The minimum atomic E-state index is -3.72. The van der Waals surface area contributed by atoms with Gasteiger partial charge in [-0.2, -0.15) is 5.26 Å². The molecule has 2 aromatic rings. The highest BCUT2D eigenvalue weighted by atomic mass is 79.9. The molecule has 130 valence electrons. The maximum atomic E-state index is 12.6. The Morgan fingerprint density at radius 1 is 1.20 bits per heavy atom. The van der Waals surface area contributed by atoms with Crippen LogP contribution in [0.5, 0.6) is 0 Å². The zero-order chi connectivity index (χ0) is 17.9. The van der Waals surface area contributed by atoms with Crippen molar-refractivity contribution >= 4 is 31.6 Å². The van der Waals surface area contributed by atoms with Gasteiger partial charge in [0.25, 0.3) is 0 Å². The third kappa shape index (κ3) is 4.03. The van der Waals surface area contributed by atoms with E-state index in [0.717, 1.165) is 25.2 Å². The van der Waals surface area contributed by atoms with Gasteiger partial charge in [-0.1, -0.05) is 24.3 Å². The lowest BCUT2D eigenvalue weighted by Crippen LogP contribution is -2.31. The molecule has 0 saturated carbocycles. The van der Waals surface area contributed by atoms with E-state index in [1.165, 1.54) is 6.07 Å². The first-order valence-electron chi connectivity index (χ1n) is 7.99. The fourth-order valence-corrected chi connectivity index (χ4v) is 4.89. The van der Waals surface area contributed by atoms with Crippen molar-refractivity contribution in [1.29, 1.82) is 5.26 Å². The summed E-state index contributed by atoms with van der Waals surface area (Å²) >= 11 is 3.23. The summed E-state index contributed by atoms with van der Waals surface area (Å²) in [7, 11) is -3.72. The second-order valence-corrected chi connectivity index (χ2v) is 8.60. The van der Waals surface area contributed by atoms with Crippen molar-refractivity contribution in [3.05, 3.63) is 58.6 Å². The first kappa shape index (κ1) is 17.9. The summed E-state index contributed by atoms with van der Waals surface area (Å²) in [6.45, 7) is 2.09. The average Bonchev–Trinajstić information content (AvgIpc) is 3.10. The Morgan fingerprint density at radius 3 is 2.68 bits per heavy atom. The molecule has 1 aliphatic rings. The lowest BCUT2D eigenvalue weighted by molar-refractivity contribution is 0.541. The van der Waals surface area contributed by atoms with Crippen molar-refractivity contribution < 1.29 is 8.42 Å². The predicted octanol–water partition coefficient (Wildman–Crippen LogP) is 3.13. The molecule has 7 heteroatoms. The van der Waals surface area contributed by atoms with Gasteiger partial charge in [-0.25, -0.2) is 13.1 Å². The molecule has 0 unspecified atom stereocenters. The van der Waals surface area contributed by atoms with E-state index >= 15 is 0 Å². The van der Waals surface area contributed by atoms with Crippen molar-refractivity contribution in [3.8, 4) is 6.07 Å². The lowest BCUT2D eigenvalue weighted by atomic mass is 10.1. The number of benzene rings is 2. The van der Waals surface area contributed by atoms with Crippen molar-refractivity contribution in [3.63, 3.8) is 0 Å². The van der Waals surface area contributed by atoms with Crippen LogP contribution < -0.4 is 9.62 Å². The van der Waals surface area contributed by atoms with E-state index in [9.17, 15) is 13.7 Å². The van der Waals surface area contributed by atoms with Crippen molar-refractivity contribution in [2.45, 2.75) is 11.3 Å². The molecule has 2 aromatic carbocycles. The van der Waals surface area contributed by atoms with Crippen molar-refractivity contribution in [2.75, 3.05) is 24.5 Å². The molecule has 1 fully saturated rings. The summed E-state index contributed by atoms with van der Waals surface area (Å²) in [4.78, 5) is 2.28. The number of hydrogen-bond acceptors (Lipinski definition) is 4. The molecule has 0 amide bonds. The van der Waals surface area contributed by atoms with Crippen LogP contribution in [-0.4, -0.2) is 28.1 Å². The highest BCUT2D eigenvalue weighted by molar-refractivity contribution is 9.10. The molecule has 1 aliphatic heterocycles. The van der Waals surface area contributed by atoms with Gasteiger partial charge in [0.05, 0.1) is 5.56 Å². The predicted molar refractivity (Wildman–Crippen MR) is 101 cm³/mol. The van der Waals surface area contributed by atoms with Gasteiger partial charge in [-0.05, 0) is 52.5 Å². The van der Waals surface area contributed by atoms with E-state index in [-0.39, 0.29) is 16.4 Å². The Bertz CT molecular complexity index is 894. The zero-order valence-electron chi connectivity index (χ0n) is 13.5. The Hall–Kier alpha value is -1.88. The van der Waals surface area contributed by atoms with Gasteiger partial charge >= 0.3 is 0 Å². The fraction of sp³-hybridized carbons (Fsp3) is 0.278. The number of halogens is 1. The van der Waals surface area contributed by atoms with Gasteiger partial charge in [-0.15, -0.1) is 0 Å². The summed E-state index contributed by atoms with van der Waals surface area (Å²) in [6.07, 6.45) is 0.932. The monoisotopic (exact) mass is 419 g/mol. The van der Waals surface area contributed by atoms with Gasteiger partial charge in [0.15, 0.2) is 0 Å². The van der Waals surface area contributed by atoms with E-state index in [2.05, 4.69) is 37.7 Å². The van der Waals surface area contributed by atoms with Crippen LogP contribution in [0.4, 0.5) is 5.69 Å². The maximum Gasteiger partial charge on any atom is 0.241 e. The minimum Gasteiger partial charge on any atom is -0.371 e. The third-order valence-corrected chi connectivity index (χ3v) is 6.47. The number of nitrogens with zero attached hydrogens (tertiary/aromatic N) is 2. The quantitative estimate of drug-likeness (QED) is 0.807. The highest BCUT2D eigenvalue weighted by Crippen LogP contribution is 2.25. The van der Waals surface area contributed by atoms with Gasteiger partial charge in [-0.3, -0.25) is 0 Å². The molecular weight excluding hydrogens is 402 g/mol. The van der Waals surface area contributed by atoms with E-state index < -0.39 is 10.0 Å². The molecule has 3 rings (SSSR count). The van der Waals surface area contributed by atoms with E-state index in [4.69, 9.17) is 0 Å². The minimum absolute atomic E-state index is 0.0160. The standard InChI is InChI=1S/C18H18BrN3O2S/c19-17-7-4-8-18(16(17)11-20)25(23,24)21-12-14-9-10-22(13-14)15-5-2-1-3-6-15/h1-8,14,21H,9-10,12-13H2/t14-/m0/s1. The third-order valence-electron chi connectivity index (χ3n) is 4.35. The van der Waals surface area contributed by atoms with Gasteiger partial charge < -0.3 is 4.90 Å². The lowest BCUT2D eigenvalue weighted by Gasteiger charge is -2.18. The summed E-state index contributed by atoms with van der Waals surface area (Å²) in [5, 5.41) is 9.22. The Kier molecular flexibility index (Phi) is 5.42. The Balaban J connectivity index is 1.66. The first-order chi connectivity index (χ1) is 12.0. The van der Waals surface area contributed by atoms with Crippen LogP contribution in [-0.2, 0) is 10.0 Å². The van der Waals surface area contributed by atoms with Gasteiger partial charge in [0.1, 0.15) is 11.0 Å². The van der Waals surface area contributed by atoms with Crippen LogP contribution in [0.25, 0.3) is 0 Å². The topological polar surface area (TPSA) is 73.2 Å². The molecule has 1 N–H and O–H groups in total. The summed E-state index contributed by atoms with van der Waals surface area (Å²) in [6, 6.07) is 16.8. The smallest absolute Gasteiger partial charge is 0.241 e. The molecular formula is C18H18BrN3O2S. The number of para-hydroxylation sites is 1. The Morgan fingerprint density at radius 2 is 1.96 bits per heavy atom. The molecule has 0 spiro atoms. The first-order valence-corrected chi connectivity index (χ1v) is 10.3. The number of nitrogens with one attached hydrogen (secondary N) is 1. The molecule has 25 heavy (non-hydrogen) atoms. The highest BCUT2D eigenvalue weighted by Gasteiger charge is 2.26. The van der Waals surface area contributed by atoms with Crippen molar-refractivity contribution in [2.24, 2.45) is 5.92 Å². The Labute approximate surface area is 156 Å². The summed E-state index contributed by atoms with van der Waals surface area (Å²) in [5.74, 6) is 0.243. The second-order valence-electron chi connectivity index (χ2n) is 6.01. The summed E-state index contributed by atoms with van der Waals surface area (Å²) in [5.41, 5.74) is 1.29. The van der Waals surface area contributed by atoms with E-state index in [0.29, 0.717) is 11.0 Å². The van der Waals surface area contributed by atoms with Crippen LogP contribution in [0, 0.1) is 17.2 Å². The molecule has 0 aromatic heterocycles. The van der Waals surface area contributed by atoms with E-state index in [1.54, 1.807) is 12.1 Å². The van der Waals surface area contributed by atoms with Crippen LogP contribution in [0.15, 0.2) is 57.9 Å². The number of anilines is 1.